The lowest BCUT2D eigenvalue weighted by Gasteiger charge is -2.17. The van der Waals surface area contributed by atoms with E-state index in [2.05, 4.69) is 0 Å². The molecule has 6 heteroatoms. The molecule has 0 saturated carbocycles. The Morgan fingerprint density at radius 1 is 1.42 bits per heavy atom. The molecule has 0 bridgehead atoms. The summed E-state index contributed by atoms with van der Waals surface area (Å²) >= 11 is 0. The molecule has 0 amide bonds. The van der Waals surface area contributed by atoms with Crippen LogP contribution in [0.2, 0.25) is 0 Å². The van der Waals surface area contributed by atoms with Gasteiger partial charge in [0, 0.05) is 0 Å². The van der Waals surface area contributed by atoms with Crippen LogP contribution in [0.25, 0.3) is 0 Å². The van der Waals surface area contributed by atoms with Gasteiger partial charge in [0.1, 0.15) is 6.10 Å². The third-order valence-electron chi connectivity index (χ3n) is 2.75. The number of aryl methyl sites for hydroxylation is 1. The van der Waals surface area contributed by atoms with Crippen LogP contribution in [0, 0.1) is 6.92 Å². The van der Waals surface area contributed by atoms with Gasteiger partial charge in [-0.1, -0.05) is 12.1 Å². The van der Waals surface area contributed by atoms with Crippen LogP contribution in [0.1, 0.15) is 19.4 Å². The van der Waals surface area contributed by atoms with E-state index in [1.165, 1.54) is 6.07 Å². The van der Waals surface area contributed by atoms with Crippen LogP contribution in [0.5, 0.6) is 0 Å². The summed E-state index contributed by atoms with van der Waals surface area (Å²) in [6, 6.07) is 6.60. The van der Waals surface area contributed by atoms with Gasteiger partial charge in [-0.3, -0.25) is 4.18 Å². The van der Waals surface area contributed by atoms with Crippen molar-refractivity contribution in [1.82, 2.24) is 0 Å². The second-order valence-electron chi connectivity index (χ2n) is 5.01. The summed E-state index contributed by atoms with van der Waals surface area (Å²) in [6.07, 6.45) is -0.366. The lowest BCUT2D eigenvalue weighted by atomic mass is 10.2. The van der Waals surface area contributed by atoms with Gasteiger partial charge in [-0.25, -0.2) is 0 Å². The SMILES string of the molecule is Cc1cccc(S(=O)(=O)OCC2COC(C)(C)O2)c1. The molecule has 0 radical (unpaired) electrons. The van der Waals surface area contributed by atoms with E-state index in [4.69, 9.17) is 13.7 Å². The van der Waals surface area contributed by atoms with Crippen molar-refractivity contribution in [3.8, 4) is 0 Å². The van der Waals surface area contributed by atoms with Crippen LogP contribution >= 0.6 is 0 Å². The van der Waals surface area contributed by atoms with E-state index in [0.717, 1.165) is 5.56 Å². The molecule has 1 aliphatic heterocycles. The van der Waals surface area contributed by atoms with Gasteiger partial charge in [-0.15, -0.1) is 0 Å². The predicted octanol–water partition coefficient (Wildman–Crippen LogP) is 1.85. The fraction of sp³-hybridized carbons (Fsp3) is 0.538. The molecular formula is C13H18O5S. The van der Waals surface area contributed by atoms with Crippen LogP contribution in [0.3, 0.4) is 0 Å². The summed E-state index contributed by atoms with van der Waals surface area (Å²) in [5.41, 5.74) is 0.867. The molecule has 5 nitrogen and oxygen atoms in total. The summed E-state index contributed by atoms with van der Waals surface area (Å²) in [5, 5.41) is 0. The zero-order valence-electron chi connectivity index (χ0n) is 11.3. The van der Waals surface area contributed by atoms with E-state index < -0.39 is 15.9 Å². The first kappa shape index (κ1) is 14.5. The first-order chi connectivity index (χ1) is 8.78. The van der Waals surface area contributed by atoms with Crippen molar-refractivity contribution >= 4 is 10.1 Å². The molecule has 2 rings (SSSR count). The molecule has 1 aromatic rings. The second kappa shape index (κ2) is 5.20. The van der Waals surface area contributed by atoms with E-state index in [1.807, 2.05) is 13.0 Å². The van der Waals surface area contributed by atoms with Gasteiger partial charge in [0.2, 0.25) is 0 Å². The van der Waals surface area contributed by atoms with E-state index in [0.29, 0.717) is 6.61 Å². The van der Waals surface area contributed by atoms with Crippen LogP contribution in [0.15, 0.2) is 29.2 Å². The summed E-state index contributed by atoms with van der Waals surface area (Å²) in [6.45, 7) is 5.68. The molecule has 1 heterocycles. The minimum Gasteiger partial charge on any atom is -0.348 e. The van der Waals surface area contributed by atoms with E-state index >= 15 is 0 Å². The summed E-state index contributed by atoms with van der Waals surface area (Å²) in [5.74, 6) is -0.679. The summed E-state index contributed by atoms with van der Waals surface area (Å²) in [7, 11) is -3.74. The number of hydrogen-bond acceptors (Lipinski definition) is 5. The van der Waals surface area contributed by atoms with Crippen molar-refractivity contribution in [2.75, 3.05) is 13.2 Å². The molecule has 106 valence electrons. The molecule has 1 aromatic carbocycles. The number of hydrogen-bond donors (Lipinski definition) is 0. The molecule has 1 atom stereocenters. The normalized spacial score (nSPS) is 22.6. The molecule has 0 N–H and O–H groups in total. The Morgan fingerprint density at radius 2 is 2.16 bits per heavy atom. The van der Waals surface area contributed by atoms with Crippen LogP contribution < -0.4 is 0 Å². The first-order valence-electron chi connectivity index (χ1n) is 6.06. The standard InChI is InChI=1S/C13H18O5S/c1-10-5-4-6-12(7-10)19(14,15)17-9-11-8-16-13(2,3)18-11/h4-7,11H,8-9H2,1-3H3. The molecule has 0 aliphatic carbocycles. The lowest BCUT2D eigenvalue weighted by molar-refractivity contribution is -0.141. The fourth-order valence-corrected chi connectivity index (χ4v) is 2.89. The fourth-order valence-electron chi connectivity index (χ4n) is 1.85. The molecular weight excluding hydrogens is 268 g/mol. The van der Waals surface area contributed by atoms with Gasteiger partial charge in [0.05, 0.1) is 18.1 Å². The van der Waals surface area contributed by atoms with Crippen LogP contribution in [-0.2, 0) is 23.8 Å². The maximum absolute atomic E-state index is 12.0. The van der Waals surface area contributed by atoms with Gasteiger partial charge < -0.3 is 9.47 Å². The minimum atomic E-state index is -3.74. The van der Waals surface area contributed by atoms with Gasteiger partial charge in [0.25, 0.3) is 10.1 Å². The molecule has 1 unspecified atom stereocenters. The molecule has 1 aliphatic rings. The van der Waals surface area contributed by atoms with Gasteiger partial charge >= 0.3 is 0 Å². The summed E-state index contributed by atoms with van der Waals surface area (Å²) in [4.78, 5) is 0.158. The Balaban J connectivity index is 1.99. The minimum absolute atomic E-state index is 0.0420. The zero-order valence-corrected chi connectivity index (χ0v) is 12.1. The Bertz CT molecular complexity index is 550. The third kappa shape index (κ3) is 3.76. The highest BCUT2D eigenvalue weighted by atomic mass is 32.2. The Labute approximate surface area is 113 Å². The Hall–Kier alpha value is -0.950. The first-order valence-corrected chi connectivity index (χ1v) is 7.47. The highest BCUT2D eigenvalue weighted by Crippen LogP contribution is 2.23. The maximum Gasteiger partial charge on any atom is 0.297 e. The van der Waals surface area contributed by atoms with Crippen LogP contribution in [0.4, 0.5) is 0 Å². The van der Waals surface area contributed by atoms with E-state index in [-0.39, 0.29) is 17.6 Å². The van der Waals surface area contributed by atoms with Gasteiger partial charge in [-0.2, -0.15) is 8.42 Å². The van der Waals surface area contributed by atoms with Gasteiger partial charge in [-0.05, 0) is 38.5 Å². The molecule has 19 heavy (non-hydrogen) atoms. The smallest absolute Gasteiger partial charge is 0.297 e. The second-order valence-corrected chi connectivity index (χ2v) is 6.62. The van der Waals surface area contributed by atoms with Crippen molar-refractivity contribution in [3.05, 3.63) is 29.8 Å². The molecule has 1 fully saturated rings. The third-order valence-corrected chi connectivity index (χ3v) is 4.03. The topological polar surface area (TPSA) is 61.8 Å². The van der Waals surface area contributed by atoms with Crippen molar-refractivity contribution in [3.63, 3.8) is 0 Å². The quantitative estimate of drug-likeness (QED) is 0.790. The zero-order chi connectivity index (χ0) is 14.1. The number of ether oxygens (including phenoxy) is 2. The number of rotatable bonds is 4. The largest absolute Gasteiger partial charge is 0.348 e. The van der Waals surface area contributed by atoms with E-state index in [9.17, 15) is 8.42 Å². The van der Waals surface area contributed by atoms with Crippen molar-refractivity contribution in [1.29, 1.82) is 0 Å². The van der Waals surface area contributed by atoms with Crippen LogP contribution in [-0.4, -0.2) is 33.5 Å². The average molecular weight is 286 g/mol. The summed E-state index contributed by atoms with van der Waals surface area (Å²) < 4.78 is 39.8. The number of benzene rings is 1. The molecule has 1 saturated heterocycles. The lowest BCUT2D eigenvalue weighted by Crippen LogP contribution is -2.25. The molecule has 0 spiro atoms. The monoisotopic (exact) mass is 286 g/mol. The highest BCUT2D eigenvalue weighted by molar-refractivity contribution is 7.86. The average Bonchev–Trinajstić information content (AvgIpc) is 2.67. The Morgan fingerprint density at radius 3 is 2.74 bits per heavy atom. The maximum atomic E-state index is 12.0. The van der Waals surface area contributed by atoms with Crippen molar-refractivity contribution < 1.29 is 22.1 Å². The van der Waals surface area contributed by atoms with E-state index in [1.54, 1.807) is 26.0 Å². The Kier molecular flexibility index (Phi) is 3.96. The molecule has 0 aromatic heterocycles. The highest BCUT2D eigenvalue weighted by Gasteiger charge is 2.33. The predicted molar refractivity (Wildman–Crippen MR) is 69.2 cm³/mol. The van der Waals surface area contributed by atoms with Gasteiger partial charge in [0.15, 0.2) is 5.79 Å². The van der Waals surface area contributed by atoms with Crippen molar-refractivity contribution in [2.24, 2.45) is 0 Å². The van der Waals surface area contributed by atoms with Crippen molar-refractivity contribution in [2.45, 2.75) is 37.6 Å².